The number of likely N-dealkylation sites (N-methyl/N-ethyl adjacent to an activating group) is 1. The molecule has 370 valence electrons. The monoisotopic (exact) mass is 964 g/mol. The van der Waals surface area contributed by atoms with Crippen molar-refractivity contribution in [1.29, 1.82) is 0 Å². The molecule has 16 nitrogen and oxygen atoms in total. The van der Waals surface area contributed by atoms with Gasteiger partial charge in [-0.15, -0.1) is 11.3 Å². The van der Waals surface area contributed by atoms with Crippen LogP contribution in [0.15, 0.2) is 41.9 Å². The van der Waals surface area contributed by atoms with Crippen molar-refractivity contribution in [2.45, 2.75) is 117 Å². The number of carbonyl (C=O) groups is 5. The lowest BCUT2D eigenvalue weighted by atomic mass is 9.84. The number of aryl methyl sites for hydroxylation is 1. The molecule has 1 unspecified atom stereocenters. The topological polar surface area (TPSA) is 172 Å². The summed E-state index contributed by atoms with van der Waals surface area (Å²) in [5.41, 5.74) is 9.28. The summed E-state index contributed by atoms with van der Waals surface area (Å²) in [6.45, 7) is 16.2. The fraction of sp³-hybridized carbons (Fsp3) is 0.558. The van der Waals surface area contributed by atoms with Gasteiger partial charge in [0.2, 0.25) is 11.8 Å². The molecule has 6 heterocycles. The number of carbonyl (C=O) groups excluding carboxylic acids is 5. The van der Waals surface area contributed by atoms with Crippen molar-refractivity contribution < 1.29 is 33.4 Å². The van der Waals surface area contributed by atoms with Gasteiger partial charge in [-0.25, -0.2) is 10.4 Å². The number of thiazole rings is 1. The number of rotatable bonds is 10. The third-order valence-corrected chi connectivity index (χ3v) is 14.6. The van der Waals surface area contributed by atoms with E-state index in [4.69, 9.17) is 19.4 Å². The second kappa shape index (κ2) is 21.5. The van der Waals surface area contributed by atoms with E-state index >= 15 is 0 Å². The summed E-state index contributed by atoms with van der Waals surface area (Å²) in [6, 6.07) is 7.43. The zero-order valence-corrected chi connectivity index (χ0v) is 42.9. The van der Waals surface area contributed by atoms with Gasteiger partial charge in [-0.2, -0.15) is 0 Å². The molecular formula is C52H69N9O7S. The van der Waals surface area contributed by atoms with E-state index < -0.39 is 41.3 Å². The number of hydrogen-bond acceptors (Lipinski definition) is 12. The van der Waals surface area contributed by atoms with Crippen LogP contribution < -0.4 is 10.7 Å². The number of ether oxygens (including phenoxy) is 2. The van der Waals surface area contributed by atoms with Crippen molar-refractivity contribution in [2.24, 2.45) is 17.3 Å². The fourth-order valence-electron chi connectivity index (χ4n) is 9.88. The minimum Gasteiger partial charge on any atom is -0.464 e. The summed E-state index contributed by atoms with van der Waals surface area (Å²) in [5.74, 6) is 3.21. The number of fused-ring (bicyclic) bond motifs is 6. The first-order valence-electron chi connectivity index (χ1n) is 24.2. The van der Waals surface area contributed by atoms with E-state index in [1.54, 1.807) is 34.4 Å². The van der Waals surface area contributed by atoms with Gasteiger partial charge in [-0.3, -0.25) is 38.9 Å². The lowest BCUT2D eigenvalue weighted by molar-refractivity contribution is -0.155. The van der Waals surface area contributed by atoms with Gasteiger partial charge in [-0.1, -0.05) is 39.7 Å². The Morgan fingerprint density at radius 1 is 1.09 bits per heavy atom. The van der Waals surface area contributed by atoms with Crippen LogP contribution in [0.3, 0.4) is 0 Å². The number of likely N-dealkylation sites (tertiary alicyclic amines) is 1. The molecule has 17 heteroatoms. The molecule has 69 heavy (non-hydrogen) atoms. The Morgan fingerprint density at radius 3 is 2.57 bits per heavy atom. The number of cyclic esters (lactones) is 1. The summed E-state index contributed by atoms with van der Waals surface area (Å²) >= 11 is 1.41. The maximum atomic E-state index is 14.7. The number of hydrazine groups is 1. The van der Waals surface area contributed by atoms with E-state index in [-0.39, 0.29) is 48.8 Å². The molecule has 0 spiro atoms. The molecule has 2 N–H and O–H groups in total. The molecule has 7 rings (SSSR count). The Kier molecular flexibility index (Phi) is 16.0. The van der Waals surface area contributed by atoms with Crippen LogP contribution in [0.1, 0.15) is 90.1 Å². The number of aromatic nitrogens is 3. The second-order valence-corrected chi connectivity index (χ2v) is 21.0. The normalized spacial score (nSPS) is 21.2. The van der Waals surface area contributed by atoms with E-state index in [2.05, 4.69) is 77.1 Å². The quantitative estimate of drug-likeness (QED) is 0.152. The van der Waals surface area contributed by atoms with Gasteiger partial charge in [0, 0.05) is 99.9 Å². The highest BCUT2D eigenvalue weighted by molar-refractivity contribution is 7.10. The molecule has 3 aromatic heterocycles. The first kappa shape index (κ1) is 51.2. The van der Waals surface area contributed by atoms with Crippen LogP contribution >= 0.6 is 11.3 Å². The lowest BCUT2D eigenvalue weighted by Crippen LogP contribution is -2.62. The summed E-state index contributed by atoms with van der Waals surface area (Å²) in [4.78, 5) is 84.4. The van der Waals surface area contributed by atoms with Crippen molar-refractivity contribution in [3.63, 3.8) is 0 Å². The van der Waals surface area contributed by atoms with Crippen LogP contribution in [0.25, 0.3) is 33.4 Å². The van der Waals surface area contributed by atoms with E-state index in [9.17, 15) is 24.0 Å². The zero-order valence-electron chi connectivity index (χ0n) is 42.1. The van der Waals surface area contributed by atoms with Gasteiger partial charge in [0.25, 0.3) is 11.8 Å². The van der Waals surface area contributed by atoms with Gasteiger partial charge in [0.1, 0.15) is 18.1 Å². The molecule has 4 aromatic rings. The SMILES string of the molecule is CCn1c(-c2cccnc2[C@H](C)OC)c2c3cc(ccc31)-c1csc(n1)C[C@H](NC(=O)[C@H](C(C)C)N(C)C(=O)[C@H]1CCN(C(C)C#CC(=O)N(C)C)C1)C(=O)N1CCC[C@H](N1)C(=O)OCC(C)(C)C2. The number of pyridine rings is 1. The Morgan fingerprint density at radius 2 is 1.86 bits per heavy atom. The number of nitrogens with one attached hydrogen (secondary N) is 2. The maximum Gasteiger partial charge on any atom is 0.324 e. The Bertz CT molecular complexity index is 2630. The Hall–Kier alpha value is -5.67. The molecule has 2 saturated heterocycles. The van der Waals surface area contributed by atoms with Crippen LogP contribution in [0.2, 0.25) is 0 Å². The largest absolute Gasteiger partial charge is 0.464 e. The highest BCUT2D eigenvalue weighted by Crippen LogP contribution is 2.42. The standard InChI is InChI=1S/C52H69N9O7S/c1-12-60-42-19-18-34-25-37(42)38(47(60)36-15-13-22-53-45(36)33(5)67-11)27-52(6,7)30-68-51(66)39-16-14-23-61(56-39)50(65)40(26-43-54-41(34)29-69-43)55-48(63)46(31(2)3)58(10)49(64)35-21-24-59(28-35)32(4)17-20-44(62)57(8)9/h13,15,18-19,22,25,29,31-33,35,39-40,46,56H,12,14,16,21,23-24,26-28,30H2,1-11H3,(H,55,63)/t32?,33-,35-,39-,40-,46-/m0/s1. The molecular weight excluding hydrogens is 895 g/mol. The number of esters is 1. The van der Waals surface area contributed by atoms with Crippen LogP contribution in [-0.2, 0) is 52.8 Å². The number of benzene rings is 1. The van der Waals surface area contributed by atoms with Gasteiger partial charge in [0.15, 0.2) is 0 Å². The van der Waals surface area contributed by atoms with Gasteiger partial charge >= 0.3 is 5.97 Å². The van der Waals surface area contributed by atoms with E-state index in [0.29, 0.717) is 56.9 Å². The third-order valence-electron chi connectivity index (χ3n) is 13.7. The van der Waals surface area contributed by atoms with Gasteiger partial charge in [0.05, 0.1) is 46.8 Å². The smallest absolute Gasteiger partial charge is 0.324 e. The molecule has 4 amide bonds. The highest BCUT2D eigenvalue weighted by Gasteiger charge is 2.40. The maximum absolute atomic E-state index is 14.7. The molecule has 6 bridgehead atoms. The van der Waals surface area contributed by atoms with Gasteiger partial charge < -0.3 is 29.2 Å². The number of amides is 4. The van der Waals surface area contributed by atoms with Crippen LogP contribution in [-0.4, -0.2) is 143 Å². The molecule has 1 aromatic carbocycles. The van der Waals surface area contributed by atoms with Crippen molar-refractivity contribution in [1.82, 2.24) is 45.0 Å². The van der Waals surface area contributed by atoms with Gasteiger partial charge in [-0.05, 0) is 88.1 Å². The molecule has 3 aliphatic heterocycles. The number of hydrogen-bond donors (Lipinski definition) is 2. The highest BCUT2D eigenvalue weighted by atomic mass is 32.1. The zero-order chi connectivity index (χ0) is 49.9. The molecule has 0 radical (unpaired) electrons. The average Bonchev–Trinajstić information content (AvgIpc) is 4.09. The van der Waals surface area contributed by atoms with E-state index in [1.165, 1.54) is 26.1 Å². The Labute approximate surface area is 410 Å². The fourth-order valence-corrected chi connectivity index (χ4v) is 10.7. The van der Waals surface area contributed by atoms with Crippen molar-refractivity contribution in [3.8, 4) is 34.4 Å². The molecule has 0 aliphatic carbocycles. The van der Waals surface area contributed by atoms with Crippen LogP contribution in [0.5, 0.6) is 0 Å². The summed E-state index contributed by atoms with van der Waals surface area (Å²) in [5, 5.41) is 8.16. The predicted octanol–water partition coefficient (Wildman–Crippen LogP) is 5.49. The first-order valence-corrected chi connectivity index (χ1v) is 25.1. The second-order valence-electron chi connectivity index (χ2n) is 20.0. The van der Waals surface area contributed by atoms with Crippen molar-refractivity contribution in [2.75, 3.05) is 54.5 Å². The number of methoxy groups -OCH3 is 1. The molecule has 3 aliphatic rings. The van der Waals surface area contributed by atoms with E-state index in [0.717, 1.165) is 44.7 Å². The third kappa shape index (κ3) is 11.2. The first-order chi connectivity index (χ1) is 32.8. The van der Waals surface area contributed by atoms with Crippen molar-refractivity contribution >= 4 is 51.8 Å². The van der Waals surface area contributed by atoms with E-state index in [1.807, 2.05) is 39.1 Å². The molecule has 2 fully saturated rings. The predicted molar refractivity (Wildman–Crippen MR) is 266 cm³/mol. The molecule has 6 atom stereocenters. The average molecular weight is 964 g/mol. The lowest BCUT2D eigenvalue weighted by Gasteiger charge is -2.37. The Balaban J connectivity index is 1.22. The van der Waals surface area contributed by atoms with Crippen LogP contribution in [0, 0.1) is 29.1 Å². The minimum absolute atomic E-state index is 0.0807. The number of nitrogens with zero attached hydrogens (tertiary/aromatic N) is 7. The summed E-state index contributed by atoms with van der Waals surface area (Å²) < 4.78 is 14.3. The minimum atomic E-state index is -1.08. The molecule has 0 saturated carbocycles. The summed E-state index contributed by atoms with van der Waals surface area (Å²) in [6.07, 6.45) is 3.78. The summed E-state index contributed by atoms with van der Waals surface area (Å²) in [7, 11) is 6.63. The van der Waals surface area contributed by atoms with Crippen LogP contribution in [0.4, 0.5) is 0 Å². The van der Waals surface area contributed by atoms with Crippen molar-refractivity contribution in [3.05, 3.63) is 58.2 Å².